The van der Waals surface area contributed by atoms with Gasteiger partial charge in [-0.15, -0.1) is 5.10 Å². The van der Waals surface area contributed by atoms with Gasteiger partial charge in [0, 0.05) is 35.7 Å². The molecule has 0 aliphatic carbocycles. The van der Waals surface area contributed by atoms with Gasteiger partial charge in [-0.25, -0.2) is 8.91 Å². The van der Waals surface area contributed by atoms with Gasteiger partial charge in [0.05, 0.1) is 6.07 Å². The van der Waals surface area contributed by atoms with Crippen molar-refractivity contribution in [2.75, 3.05) is 5.32 Å². The van der Waals surface area contributed by atoms with Crippen LogP contribution in [-0.2, 0) is 4.79 Å². The molecule has 2 aromatic heterocycles. The Balaban J connectivity index is 1.93. The van der Waals surface area contributed by atoms with Crippen LogP contribution in [0, 0.1) is 17.1 Å². The SMILES string of the molecule is CC(=O)c1ccc(F)c(-c2ccc3nc(NC(=O)CCC#N)nn3c2)c1. The molecule has 8 heteroatoms. The molecule has 0 saturated carbocycles. The number of anilines is 1. The number of carbonyl (C=O) groups excluding carboxylic acids is 2. The standard InChI is InChI=1S/C18H14FN5O2/c1-11(25)12-4-6-15(19)14(9-12)13-5-7-16-21-18(23-24(16)10-13)22-17(26)3-2-8-20/h4-7,9-10H,2-3H2,1H3,(H,22,23,26). The van der Waals surface area contributed by atoms with E-state index in [4.69, 9.17) is 5.26 Å². The highest BCUT2D eigenvalue weighted by atomic mass is 19.1. The second kappa shape index (κ2) is 7.11. The molecule has 2 heterocycles. The van der Waals surface area contributed by atoms with E-state index in [1.807, 2.05) is 6.07 Å². The van der Waals surface area contributed by atoms with Gasteiger partial charge in [-0.2, -0.15) is 10.2 Å². The van der Waals surface area contributed by atoms with Gasteiger partial charge in [-0.3, -0.25) is 14.9 Å². The molecule has 0 aliphatic heterocycles. The van der Waals surface area contributed by atoms with Crippen molar-refractivity contribution in [1.82, 2.24) is 14.6 Å². The molecular formula is C18H14FN5O2. The first kappa shape index (κ1) is 17.2. The largest absolute Gasteiger partial charge is 0.295 e. The van der Waals surface area contributed by atoms with Crippen molar-refractivity contribution in [3.05, 3.63) is 47.9 Å². The number of aromatic nitrogens is 3. The molecule has 0 unspecified atom stereocenters. The van der Waals surface area contributed by atoms with Crippen LogP contribution in [0.1, 0.15) is 30.1 Å². The van der Waals surface area contributed by atoms with E-state index >= 15 is 0 Å². The number of hydrogen-bond donors (Lipinski definition) is 1. The summed E-state index contributed by atoms with van der Waals surface area (Å²) < 4.78 is 15.6. The number of halogens is 1. The first-order valence-corrected chi connectivity index (χ1v) is 7.82. The fraction of sp³-hybridized carbons (Fsp3) is 0.167. The third-order valence-corrected chi connectivity index (χ3v) is 3.73. The molecular weight excluding hydrogens is 337 g/mol. The summed E-state index contributed by atoms with van der Waals surface area (Å²) in [7, 11) is 0. The molecule has 0 radical (unpaired) electrons. The topological polar surface area (TPSA) is 100 Å². The summed E-state index contributed by atoms with van der Waals surface area (Å²) in [6.45, 7) is 1.42. The van der Waals surface area contributed by atoms with Gasteiger partial charge in [0.15, 0.2) is 11.4 Å². The highest BCUT2D eigenvalue weighted by Gasteiger charge is 2.12. The van der Waals surface area contributed by atoms with Gasteiger partial charge in [-0.1, -0.05) is 0 Å². The molecule has 1 N–H and O–H groups in total. The Bertz CT molecular complexity index is 1050. The highest BCUT2D eigenvalue weighted by Crippen LogP contribution is 2.25. The van der Waals surface area contributed by atoms with Gasteiger partial charge >= 0.3 is 0 Å². The predicted molar refractivity (Wildman–Crippen MR) is 91.9 cm³/mol. The Labute approximate surface area is 148 Å². The highest BCUT2D eigenvalue weighted by molar-refractivity contribution is 5.95. The molecule has 26 heavy (non-hydrogen) atoms. The summed E-state index contributed by atoms with van der Waals surface area (Å²) in [6.07, 6.45) is 1.73. The predicted octanol–water partition coefficient (Wildman–Crippen LogP) is 2.98. The summed E-state index contributed by atoms with van der Waals surface area (Å²) >= 11 is 0. The van der Waals surface area contributed by atoms with E-state index in [0.29, 0.717) is 16.8 Å². The number of Topliss-reactive ketones (excluding diaryl/α,β-unsaturated/α-hetero) is 1. The van der Waals surface area contributed by atoms with Gasteiger partial charge in [0.25, 0.3) is 0 Å². The van der Waals surface area contributed by atoms with E-state index < -0.39 is 5.82 Å². The van der Waals surface area contributed by atoms with E-state index in [-0.39, 0.29) is 36.0 Å². The maximum Gasteiger partial charge on any atom is 0.249 e. The van der Waals surface area contributed by atoms with E-state index in [0.717, 1.165) is 0 Å². The molecule has 1 amide bonds. The molecule has 130 valence electrons. The summed E-state index contributed by atoms with van der Waals surface area (Å²) in [5, 5.41) is 15.1. The lowest BCUT2D eigenvalue weighted by molar-refractivity contribution is -0.116. The van der Waals surface area contributed by atoms with Crippen molar-refractivity contribution >= 4 is 23.3 Å². The van der Waals surface area contributed by atoms with Crippen LogP contribution in [0.3, 0.4) is 0 Å². The minimum Gasteiger partial charge on any atom is -0.295 e. The fourth-order valence-corrected chi connectivity index (χ4v) is 2.42. The summed E-state index contributed by atoms with van der Waals surface area (Å²) in [4.78, 5) is 27.3. The Morgan fingerprint density at radius 3 is 2.85 bits per heavy atom. The van der Waals surface area contributed by atoms with Crippen LogP contribution in [-0.4, -0.2) is 26.3 Å². The normalized spacial score (nSPS) is 10.5. The van der Waals surface area contributed by atoms with Crippen LogP contribution >= 0.6 is 0 Å². The monoisotopic (exact) mass is 351 g/mol. The average molecular weight is 351 g/mol. The fourth-order valence-electron chi connectivity index (χ4n) is 2.42. The number of pyridine rings is 1. The first-order chi connectivity index (χ1) is 12.5. The quantitative estimate of drug-likeness (QED) is 0.712. The zero-order valence-corrected chi connectivity index (χ0v) is 13.9. The third kappa shape index (κ3) is 3.57. The maximum atomic E-state index is 14.2. The number of ketones is 1. The van der Waals surface area contributed by atoms with Crippen LogP contribution in [0.15, 0.2) is 36.5 Å². The lowest BCUT2D eigenvalue weighted by Crippen LogP contribution is -2.12. The molecule has 0 fully saturated rings. The lowest BCUT2D eigenvalue weighted by atomic mass is 10.0. The van der Waals surface area contributed by atoms with E-state index in [1.165, 1.54) is 29.6 Å². The molecule has 3 rings (SSSR count). The number of amides is 1. The Morgan fingerprint density at radius 1 is 1.31 bits per heavy atom. The number of nitrogens with one attached hydrogen (secondary N) is 1. The molecule has 1 aromatic carbocycles. The van der Waals surface area contributed by atoms with Crippen LogP contribution in [0.25, 0.3) is 16.8 Å². The number of benzene rings is 1. The van der Waals surface area contributed by atoms with E-state index in [2.05, 4.69) is 15.4 Å². The second-order valence-corrected chi connectivity index (χ2v) is 5.61. The minimum atomic E-state index is -0.459. The van der Waals surface area contributed by atoms with Crippen LogP contribution in [0.5, 0.6) is 0 Å². The molecule has 0 aliphatic rings. The number of nitrogens with zero attached hydrogens (tertiary/aromatic N) is 4. The minimum absolute atomic E-state index is 0.0559. The lowest BCUT2D eigenvalue weighted by Gasteiger charge is -2.05. The van der Waals surface area contributed by atoms with Gasteiger partial charge in [0.1, 0.15) is 5.82 Å². The van der Waals surface area contributed by atoms with Crippen LogP contribution in [0.4, 0.5) is 10.3 Å². The molecule has 0 spiro atoms. The van der Waals surface area contributed by atoms with Crippen molar-refractivity contribution in [3.63, 3.8) is 0 Å². The number of rotatable bonds is 5. The van der Waals surface area contributed by atoms with Gasteiger partial charge in [0.2, 0.25) is 11.9 Å². The molecule has 3 aromatic rings. The van der Waals surface area contributed by atoms with Gasteiger partial charge < -0.3 is 0 Å². The molecule has 0 saturated heterocycles. The molecule has 0 bridgehead atoms. The summed E-state index contributed by atoms with van der Waals surface area (Å²) in [5.74, 6) is -0.874. The smallest absolute Gasteiger partial charge is 0.249 e. The molecule has 0 atom stereocenters. The first-order valence-electron chi connectivity index (χ1n) is 7.82. The number of nitriles is 1. The van der Waals surface area contributed by atoms with Crippen LogP contribution < -0.4 is 5.32 Å². The van der Waals surface area contributed by atoms with Crippen molar-refractivity contribution in [2.45, 2.75) is 19.8 Å². The zero-order chi connectivity index (χ0) is 18.7. The maximum absolute atomic E-state index is 14.2. The van der Waals surface area contributed by atoms with Crippen molar-refractivity contribution < 1.29 is 14.0 Å². The second-order valence-electron chi connectivity index (χ2n) is 5.61. The van der Waals surface area contributed by atoms with E-state index in [1.54, 1.807) is 18.3 Å². The van der Waals surface area contributed by atoms with Crippen molar-refractivity contribution in [1.29, 1.82) is 5.26 Å². The number of fused-ring (bicyclic) bond motifs is 1. The van der Waals surface area contributed by atoms with Crippen LogP contribution in [0.2, 0.25) is 0 Å². The summed E-state index contributed by atoms with van der Waals surface area (Å²) in [5.41, 5.74) is 1.66. The Morgan fingerprint density at radius 2 is 2.12 bits per heavy atom. The van der Waals surface area contributed by atoms with Crippen molar-refractivity contribution in [2.24, 2.45) is 0 Å². The number of carbonyl (C=O) groups is 2. The van der Waals surface area contributed by atoms with Gasteiger partial charge in [-0.05, 0) is 37.3 Å². The zero-order valence-electron chi connectivity index (χ0n) is 13.9. The Hall–Kier alpha value is -3.60. The Kier molecular flexibility index (Phi) is 4.71. The molecule has 7 nitrogen and oxygen atoms in total. The average Bonchev–Trinajstić information content (AvgIpc) is 3.01. The van der Waals surface area contributed by atoms with Crippen molar-refractivity contribution in [3.8, 4) is 17.2 Å². The van der Waals surface area contributed by atoms with E-state index in [9.17, 15) is 14.0 Å². The third-order valence-electron chi connectivity index (χ3n) is 3.73. The summed E-state index contributed by atoms with van der Waals surface area (Å²) in [6, 6.07) is 9.35. The number of hydrogen-bond acceptors (Lipinski definition) is 5.